The number of aliphatic hydroxyl groups is 2. The molecular formula is C62H74Cl2N4O10S2. The van der Waals surface area contributed by atoms with Gasteiger partial charge in [-0.25, -0.2) is 26.3 Å². The second-order valence-corrected chi connectivity index (χ2v) is 29.2. The first kappa shape index (κ1) is 56.7. The van der Waals surface area contributed by atoms with Crippen molar-refractivity contribution in [2.75, 3.05) is 49.2 Å². The molecule has 4 aromatic rings. The van der Waals surface area contributed by atoms with Gasteiger partial charge in [0.2, 0.25) is 20.0 Å². The third-order valence-corrected chi connectivity index (χ3v) is 22.9. The number of ether oxygens (including phenoxy) is 2. The van der Waals surface area contributed by atoms with Crippen LogP contribution in [0.1, 0.15) is 134 Å². The molecule has 4 heterocycles. The van der Waals surface area contributed by atoms with Gasteiger partial charge in [-0.2, -0.15) is 0 Å². The maximum Gasteiger partial charge on any atom is 0.264 e. The van der Waals surface area contributed by atoms with E-state index in [-0.39, 0.29) is 46.6 Å². The number of sulfonamides is 2. The van der Waals surface area contributed by atoms with Gasteiger partial charge in [-0.1, -0.05) is 59.6 Å². The van der Waals surface area contributed by atoms with Gasteiger partial charge >= 0.3 is 0 Å². The Labute approximate surface area is 481 Å². The summed E-state index contributed by atoms with van der Waals surface area (Å²) >= 11 is 12.7. The number of amides is 2. The van der Waals surface area contributed by atoms with Crippen molar-refractivity contribution >= 4 is 66.4 Å². The molecule has 14 nitrogen and oxygen atoms in total. The molecule has 4 bridgehead atoms. The van der Waals surface area contributed by atoms with E-state index < -0.39 is 54.6 Å². The number of hydrogen-bond donors (Lipinski definition) is 4. The van der Waals surface area contributed by atoms with Gasteiger partial charge in [-0.05, 0) is 210 Å². The smallest absolute Gasteiger partial charge is 0.264 e. The van der Waals surface area contributed by atoms with Crippen LogP contribution < -0.4 is 28.7 Å². The maximum atomic E-state index is 13.2. The van der Waals surface area contributed by atoms with Gasteiger partial charge in [-0.15, -0.1) is 0 Å². The zero-order valence-electron chi connectivity index (χ0n) is 45.6. The first-order valence-electron chi connectivity index (χ1n) is 28.7. The number of allylic oxidation sites excluding steroid dienone is 2. The summed E-state index contributed by atoms with van der Waals surface area (Å²) in [6.07, 6.45) is 17.9. The normalized spacial score (nSPS) is 32.5. The van der Waals surface area contributed by atoms with E-state index in [1.807, 2.05) is 24.3 Å². The van der Waals surface area contributed by atoms with Gasteiger partial charge in [0, 0.05) is 58.2 Å². The fourth-order valence-electron chi connectivity index (χ4n) is 14.0. The van der Waals surface area contributed by atoms with Crippen LogP contribution >= 0.6 is 23.2 Å². The number of rotatable bonds is 0. The zero-order valence-corrected chi connectivity index (χ0v) is 48.8. The van der Waals surface area contributed by atoms with Gasteiger partial charge in [-0.3, -0.25) is 9.59 Å². The van der Waals surface area contributed by atoms with Gasteiger partial charge in [0.15, 0.2) is 0 Å². The summed E-state index contributed by atoms with van der Waals surface area (Å²) in [6, 6.07) is 22.7. The number of hydrogen-bond acceptors (Lipinski definition) is 12. The van der Waals surface area contributed by atoms with E-state index in [4.69, 9.17) is 32.7 Å². The van der Waals surface area contributed by atoms with E-state index in [1.54, 1.807) is 62.4 Å². The number of carbonyl (C=O) groups is 2. The molecule has 0 saturated heterocycles. The molecule has 10 atom stereocenters. The van der Waals surface area contributed by atoms with Crippen LogP contribution in [0.3, 0.4) is 0 Å². The quantitative estimate of drug-likeness (QED) is 0.122. The molecule has 0 unspecified atom stereocenters. The molecule has 80 heavy (non-hydrogen) atoms. The lowest BCUT2D eigenvalue weighted by molar-refractivity contribution is 0.0175. The molecule has 0 radical (unpaired) electrons. The molecular weight excluding hydrogens is 1100 g/mol. The summed E-state index contributed by atoms with van der Waals surface area (Å²) in [6.45, 7) is 7.04. The Bertz CT molecular complexity index is 3100. The lowest BCUT2D eigenvalue weighted by Gasteiger charge is -2.45. The first-order chi connectivity index (χ1) is 38.3. The Balaban J connectivity index is 0.000000169. The summed E-state index contributed by atoms with van der Waals surface area (Å²) in [4.78, 5) is 31.0. The lowest BCUT2D eigenvalue weighted by atomic mass is 9.68. The topological polar surface area (TPSA) is 192 Å². The third-order valence-electron chi connectivity index (χ3n) is 19.0. The summed E-state index contributed by atoms with van der Waals surface area (Å²) in [5.41, 5.74) is 6.68. The predicted octanol–water partition coefficient (Wildman–Crippen LogP) is 10.00. The minimum Gasteiger partial charge on any atom is -0.490 e. The number of halogens is 2. The van der Waals surface area contributed by atoms with Crippen molar-refractivity contribution in [3.05, 3.63) is 141 Å². The summed E-state index contributed by atoms with van der Waals surface area (Å²) < 4.78 is 69.2. The van der Waals surface area contributed by atoms with Crippen LogP contribution in [0.4, 0.5) is 11.4 Å². The molecule has 18 heteroatoms. The molecule has 428 valence electrons. The number of nitrogens with zero attached hydrogens (tertiary/aromatic N) is 2. The maximum absolute atomic E-state index is 13.2. The second-order valence-electron chi connectivity index (χ2n) is 24.2. The fraction of sp³-hybridized carbons (Fsp3) is 0.516. The molecule has 8 aliphatic rings. The summed E-state index contributed by atoms with van der Waals surface area (Å²) in [5.74, 6) is 1.06. The number of anilines is 2. The van der Waals surface area contributed by atoms with Crippen molar-refractivity contribution < 1.29 is 46.1 Å². The SMILES string of the molecule is C[C@@H]1C/C=C/C[C@H](O)[C@@H]2CC[C@H]2CN2C[C@@]3(CCCc4cc(Cl)ccc43)COc3ccc(cc32)C(=O)NS1(=O)=O.C[C@@H]1C/C=C\C[C@H](O)[C@@H]2CC[C@H]2CN2C[C@@]3(CCCc4cc(Cl)ccc43)COc3ccc(cc32)C(=O)NS1(=O)=O. The fourth-order valence-corrected chi connectivity index (χ4v) is 16.2. The molecule has 0 aromatic heterocycles. The number of carbonyl (C=O) groups excluding carboxylic acids is 2. The van der Waals surface area contributed by atoms with Crippen molar-refractivity contribution in [1.82, 2.24) is 9.44 Å². The van der Waals surface area contributed by atoms with E-state index in [9.17, 15) is 36.6 Å². The Kier molecular flexibility index (Phi) is 16.3. The average Bonchev–Trinajstić information content (AvgIpc) is 3.66. The van der Waals surface area contributed by atoms with E-state index in [1.165, 1.54) is 22.3 Å². The van der Waals surface area contributed by atoms with Gasteiger partial charge in [0.25, 0.3) is 11.8 Å². The Morgan fingerprint density at radius 1 is 0.562 bits per heavy atom. The molecule has 2 saturated carbocycles. The monoisotopic (exact) mass is 1170 g/mol. The molecule has 2 amide bonds. The predicted molar refractivity (Wildman–Crippen MR) is 313 cm³/mol. The van der Waals surface area contributed by atoms with E-state index in [0.717, 1.165) is 98.7 Å². The third kappa shape index (κ3) is 11.5. The van der Waals surface area contributed by atoms with Crippen molar-refractivity contribution in [1.29, 1.82) is 0 Å². The Morgan fingerprint density at radius 2 is 0.975 bits per heavy atom. The lowest BCUT2D eigenvalue weighted by Crippen LogP contribution is -2.49. The first-order valence-corrected chi connectivity index (χ1v) is 32.5. The number of aliphatic hydroxyl groups excluding tert-OH is 2. The van der Waals surface area contributed by atoms with Crippen LogP contribution in [0, 0.1) is 23.7 Å². The largest absolute Gasteiger partial charge is 0.490 e. The van der Waals surface area contributed by atoms with Crippen LogP contribution in [-0.4, -0.2) is 101 Å². The van der Waals surface area contributed by atoms with Crippen molar-refractivity contribution in [3.63, 3.8) is 0 Å². The molecule has 4 N–H and O–H groups in total. The van der Waals surface area contributed by atoms with Crippen LogP contribution in [0.2, 0.25) is 10.0 Å². The highest BCUT2D eigenvalue weighted by Gasteiger charge is 2.47. The minimum atomic E-state index is -3.88. The highest BCUT2D eigenvalue weighted by atomic mass is 35.5. The van der Waals surface area contributed by atoms with Gasteiger partial charge in [0.1, 0.15) is 11.5 Å². The van der Waals surface area contributed by atoms with Crippen LogP contribution in [0.15, 0.2) is 97.1 Å². The number of nitrogens with one attached hydrogen (secondary N) is 2. The Hall–Kier alpha value is -5.10. The molecule has 4 aliphatic heterocycles. The van der Waals surface area contributed by atoms with Crippen LogP contribution in [0.5, 0.6) is 11.5 Å². The standard InChI is InChI=1S/2C31H37ClN2O5S/c2*1-20-5-2-3-7-28(35)25-11-8-23(25)17-34-18-31(14-4-6-21-15-24(32)10-12-26(21)31)19-39-29-13-9-22(16-27(29)34)30(36)33-40(20,37)38/h2*2-3,9-10,12-13,15-16,20,23,25,28,35H,4-8,11,14,17-19H2,1H3,(H,33,36)/b3-2+;3-2-/t2*20-,23+,25-,28+,31+/m11/s1. The van der Waals surface area contributed by atoms with E-state index >= 15 is 0 Å². The number of fused-ring (bicyclic) bond motifs is 8. The van der Waals surface area contributed by atoms with Crippen LogP contribution in [-0.2, 0) is 43.7 Å². The van der Waals surface area contributed by atoms with Crippen molar-refractivity contribution in [3.8, 4) is 11.5 Å². The van der Waals surface area contributed by atoms with Crippen LogP contribution in [0.25, 0.3) is 0 Å². The summed E-state index contributed by atoms with van der Waals surface area (Å²) in [5, 5.41) is 22.0. The second kappa shape index (κ2) is 22.9. The summed E-state index contributed by atoms with van der Waals surface area (Å²) in [7, 11) is -7.76. The minimum absolute atomic E-state index is 0.172. The average molecular weight is 1170 g/mol. The molecule has 4 aliphatic carbocycles. The van der Waals surface area contributed by atoms with E-state index in [2.05, 4.69) is 43.5 Å². The highest BCUT2D eigenvalue weighted by Crippen LogP contribution is 2.49. The van der Waals surface area contributed by atoms with Gasteiger partial charge < -0.3 is 29.5 Å². The number of aryl methyl sites for hydroxylation is 2. The van der Waals surface area contributed by atoms with Crippen molar-refractivity contribution in [2.24, 2.45) is 23.7 Å². The Morgan fingerprint density at radius 3 is 1.38 bits per heavy atom. The number of benzene rings is 4. The van der Waals surface area contributed by atoms with Gasteiger partial charge in [0.05, 0.1) is 47.3 Å². The van der Waals surface area contributed by atoms with E-state index in [0.29, 0.717) is 62.5 Å². The molecule has 2 spiro atoms. The molecule has 2 fully saturated rings. The molecule has 12 rings (SSSR count). The molecule has 4 aromatic carbocycles. The van der Waals surface area contributed by atoms with Crippen molar-refractivity contribution in [2.45, 2.75) is 137 Å². The highest BCUT2D eigenvalue weighted by molar-refractivity contribution is 7.91. The zero-order chi connectivity index (χ0) is 56.1.